The van der Waals surface area contributed by atoms with Gasteiger partial charge in [0.2, 0.25) is 0 Å². The summed E-state index contributed by atoms with van der Waals surface area (Å²) in [4.78, 5) is 32.1. The molecule has 4 aromatic heterocycles. The zero-order valence-corrected chi connectivity index (χ0v) is 39.7. The van der Waals surface area contributed by atoms with E-state index >= 15 is 4.39 Å². The number of imidazole rings is 1. The van der Waals surface area contributed by atoms with Crippen LogP contribution in [0, 0.1) is 25.6 Å². The van der Waals surface area contributed by atoms with Crippen molar-refractivity contribution in [2.75, 3.05) is 19.8 Å². The molecule has 0 radical (unpaired) electrons. The lowest BCUT2D eigenvalue weighted by atomic mass is 9.91. The summed E-state index contributed by atoms with van der Waals surface area (Å²) < 4.78 is 47.1. The Hall–Kier alpha value is -5.60. The first-order valence-corrected chi connectivity index (χ1v) is 25.0. The molecule has 16 heteroatoms. The number of nitrogens with one attached hydrogen (secondary N) is 1. The molecular weight excluding hydrogens is 859 g/mol. The second kappa shape index (κ2) is 16.3. The molecule has 2 aliphatic heterocycles. The van der Waals surface area contributed by atoms with Crippen molar-refractivity contribution in [3.05, 3.63) is 139 Å². The van der Waals surface area contributed by atoms with Gasteiger partial charge >= 0.3 is 11.4 Å². The fraction of sp³-hybridized carbons (Fsp3) is 0.440. The number of nitrogens with zero attached hydrogens (tertiary/aromatic N) is 7. The Morgan fingerprint density at radius 2 is 1.58 bits per heavy atom. The van der Waals surface area contributed by atoms with Crippen molar-refractivity contribution in [1.82, 2.24) is 38.5 Å². The number of aromatic nitrogens is 7. The van der Waals surface area contributed by atoms with E-state index in [-0.39, 0.29) is 28.7 Å². The molecule has 7 aromatic rings. The van der Waals surface area contributed by atoms with Crippen LogP contribution in [0.4, 0.5) is 4.39 Å². The van der Waals surface area contributed by atoms with Crippen LogP contribution >= 0.6 is 7.14 Å². The van der Waals surface area contributed by atoms with Crippen LogP contribution in [-0.2, 0) is 21.3 Å². The van der Waals surface area contributed by atoms with Gasteiger partial charge in [-0.05, 0) is 123 Å². The quantitative estimate of drug-likeness (QED) is 0.122. The Morgan fingerprint density at radius 3 is 2.20 bits per heavy atom. The van der Waals surface area contributed by atoms with Gasteiger partial charge in [0.15, 0.2) is 5.82 Å². The minimum atomic E-state index is -2.71. The van der Waals surface area contributed by atoms with Gasteiger partial charge < -0.3 is 19.0 Å². The highest BCUT2D eigenvalue weighted by Crippen LogP contribution is 2.57. The highest BCUT2D eigenvalue weighted by molar-refractivity contribution is 7.72. The lowest BCUT2D eigenvalue weighted by molar-refractivity contribution is -0.0341. The topological polar surface area (TPSA) is 158 Å². The molecule has 1 aliphatic carbocycles. The molecule has 6 heterocycles. The summed E-state index contributed by atoms with van der Waals surface area (Å²) in [6.07, 6.45) is 5.27. The maximum atomic E-state index is 15.2. The molecule has 2 fully saturated rings. The Bertz CT molecular complexity index is 3130. The summed E-state index contributed by atoms with van der Waals surface area (Å²) in [6, 6.07) is 19.0. The van der Waals surface area contributed by atoms with Crippen molar-refractivity contribution >= 4 is 23.3 Å². The van der Waals surface area contributed by atoms with E-state index < -0.39 is 30.7 Å². The zero-order valence-electron chi connectivity index (χ0n) is 38.8. The maximum absolute atomic E-state index is 15.2. The van der Waals surface area contributed by atoms with Crippen molar-refractivity contribution in [3.63, 3.8) is 0 Å². The summed E-state index contributed by atoms with van der Waals surface area (Å²) in [5.74, 6) is 0.374. The van der Waals surface area contributed by atoms with Crippen molar-refractivity contribution < 1.29 is 23.3 Å². The van der Waals surface area contributed by atoms with Crippen LogP contribution in [0.2, 0.25) is 0 Å². The van der Waals surface area contributed by atoms with E-state index in [1.165, 1.54) is 5.56 Å². The molecule has 0 spiro atoms. The number of H-pyrrole nitrogens is 1. The minimum absolute atomic E-state index is 0.0341. The molecule has 10 rings (SSSR count). The predicted molar refractivity (Wildman–Crippen MR) is 252 cm³/mol. The van der Waals surface area contributed by atoms with Crippen LogP contribution in [0.15, 0.2) is 87.2 Å². The molecule has 1 unspecified atom stereocenters. The molecule has 3 aromatic carbocycles. The summed E-state index contributed by atoms with van der Waals surface area (Å²) in [5, 5.41) is 24.0. The number of hydrogen-bond donors (Lipinski definition) is 2. The van der Waals surface area contributed by atoms with Gasteiger partial charge in [0.25, 0.3) is 0 Å². The number of benzene rings is 3. The van der Waals surface area contributed by atoms with E-state index in [9.17, 15) is 19.3 Å². The number of hydrogen-bond acceptors (Lipinski definition) is 9. The fourth-order valence-corrected chi connectivity index (χ4v) is 14.2. The monoisotopic (exact) mass is 916 g/mol. The molecular formula is C50H58FN8O6P. The first-order chi connectivity index (χ1) is 31.5. The first kappa shape index (κ1) is 44.2. The van der Waals surface area contributed by atoms with E-state index in [1.54, 1.807) is 52.2 Å². The number of ether oxygens (including phenoxy) is 1. The first-order valence-electron chi connectivity index (χ1n) is 23.2. The van der Waals surface area contributed by atoms with Gasteiger partial charge in [0, 0.05) is 77.7 Å². The molecule has 66 heavy (non-hydrogen) atoms. The van der Waals surface area contributed by atoms with E-state index in [1.807, 2.05) is 63.8 Å². The predicted octanol–water partition coefficient (Wildman–Crippen LogP) is 8.29. The van der Waals surface area contributed by atoms with Crippen LogP contribution in [0.25, 0.3) is 28.1 Å². The lowest BCUT2D eigenvalue weighted by Gasteiger charge is -2.38. The van der Waals surface area contributed by atoms with Gasteiger partial charge in [-0.1, -0.05) is 45.8 Å². The smallest absolute Gasteiger partial charge is 0.381 e. The molecule has 2 N–H and O–H groups in total. The molecule has 14 nitrogen and oxygen atoms in total. The minimum Gasteiger partial charge on any atom is -0.381 e. The third-order valence-electron chi connectivity index (χ3n) is 14.9. The summed E-state index contributed by atoms with van der Waals surface area (Å²) in [6.45, 7) is 17.4. The van der Waals surface area contributed by atoms with Gasteiger partial charge in [-0.15, -0.1) is 0 Å². The van der Waals surface area contributed by atoms with Crippen molar-refractivity contribution in [2.45, 2.75) is 116 Å². The van der Waals surface area contributed by atoms with E-state index in [4.69, 9.17) is 14.4 Å². The van der Waals surface area contributed by atoms with E-state index in [2.05, 4.69) is 45.9 Å². The molecule has 346 valence electrons. The average Bonchev–Trinajstić information content (AvgIpc) is 3.80. The molecule has 0 bridgehead atoms. The third kappa shape index (κ3) is 6.87. The highest BCUT2D eigenvalue weighted by atomic mass is 31.2. The highest BCUT2D eigenvalue weighted by Gasteiger charge is 2.59. The average molecular weight is 917 g/mol. The summed E-state index contributed by atoms with van der Waals surface area (Å²) in [5.41, 5.74) is 5.21. The number of aromatic amines is 1. The second-order valence-electron chi connectivity index (χ2n) is 19.3. The molecule has 1 saturated heterocycles. The van der Waals surface area contributed by atoms with E-state index in [0.717, 1.165) is 40.3 Å². The van der Waals surface area contributed by atoms with Crippen LogP contribution in [0.1, 0.15) is 118 Å². The van der Waals surface area contributed by atoms with Crippen LogP contribution in [0.3, 0.4) is 0 Å². The van der Waals surface area contributed by atoms with Gasteiger partial charge in [0.1, 0.15) is 30.5 Å². The van der Waals surface area contributed by atoms with Gasteiger partial charge in [0.05, 0.1) is 22.8 Å². The van der Waals surface area contributed by atoms with Gasteiger partial charge in [-0.2, -0.15) is 5.10 Å². The SMILES string of the molecule is Cc1cc(-n2nc3c(c2-n2ccn(-c4ccc(P(=O)(C(C)C)C(C)C)cc4)c2=O)[C@H](C)N(C(O)c2cc4cc(C5CCOCC5)ccc4n2[C@@]2(c4noc(=O)[nH]4)C[C@@H]2C)CC3)cc(C)c1F. The summed E-state index contributed by atoms with van der Waals surface area (Å²) >= 11 is 0. The normalized spacial score (nSPS) is 21.0. The van der Waals surface area contributed by atoms with Crippen LogP contribution in [-0.4, -0.2) is 74.7 Å². The van der Waals surface area contributed by atoms with E-state index in [0.29, 0.717) is 78.4 Å². The Balaban J connectivity index is 1.10. The number of rotatable bonds is 11. The maximum Gasteiger partial charge on any atom is 0.438 e. The summed E-state index contributed by atoms with van der Waals surface area (Å²) in [7, 11) is -2.71. The number of aliphatic hydroxyl groups excluding tert-OH is 1. The zero-order chi connectivity index (χ0) is 46.6. The lowest BCUT2D eigenvalue weighted by Crippen LogP contribution is -2.39. The third-order valence-corrected chi connectivity index (χ3v) is 19.1. The molecule has 4 atom stereocenters. The van der Waals surface area contributed by atoms with Crippen LogP contribution in [0.5, 0.6) is 0 Å². The van der Waals surface area contributed by atoms with Gasteiger partial charge in [-0.25, -0.2) is 18.7 Å². The number of aliphatic hydroxyl groups is 1. The van der Waals surface area contributed by atoms with Crippen molar-refractivity contribution in [2.24, 2.45) is 5.92 Å². The molecule has 0 amide bonds. The van der Waals surface area contributed by atoms with Crippen molar-refractivity contribution in [3.8, 4) is 17.2 Å². The molecule has 3 aliphatic rings. The Labute approximate surface area is 382 Å². The fourth-order valence-electron chi connectivity index (χ4n) is 11.2. The number of halogens is 1. The number of fused-ring (bicyclic) bond motifs is 2. The van der Waals surface area contributed by atoms with Crippen molar-refractivity contribution in [1.29, 1.82) is 0 Å². The number of aryl methyl sites for hydroxylation is 2. The Kier molecular flexibility index (Phi) is 10.9. The standard InChI is InChI=1S/C50H58FN8O6P/c1-28(2)66(63,29(3)4)39-12-10-37(11-13-39)56-19-20-57(49(56)62)45-43-33(8)55(18-15-40(43)53-59(45)38-23-30(5)44(51)31(6)24-38)46(60)42-26-36-25-35(34-16-21-64-22-17-34)9-14-41(36)58(42)50(27-32(50)7)47-52-48(61)65-54-47/h9-14,19-20,23-26,28-29,32-34,46,60H,15-18,21-22,27H2,1-8H3,(H,52,54,61)/t32-,33-,46?,50-/m0/s1. The largest absolute Gasteiger partial charge is 0.438 e. The second-order valence-corrected chi connectivity index (χ2v) is 23.3. The van der Waals surface area contributed by atoms with Crippen LogP contribution < -0.4 is 16.8 Å². The van der Waals surface area contributed by atoms with Gasteiger partial charge in [-0.3, -0.25) is 23.5 Å². The molecule has 1 saturated carbocycles. The Morgan fingerprint density at radius 1 is 0.909 bits per heavy atom.